The Morgan fingerprint density at radius 2 is 2.00 bits per heavy atom. The molecule has 18 heavy (non-hydrogen) atoms. The van der Waals surface area contributed by atoms with Crippen LogP contribution in [0, 0.1) is 10.1 Å². The van der Waals surface area contributed by atoms with Gasteiger partial charge >= 0.3 is 0 Å². The van der Waals surface area contributed by atoms with Crippen molar-refractivity contribution in [1.82, 2.24) is 5.32 Å². The normalized spacial score (nSPS) is 10.1. The van der Waals surface area contributed by atoms with Crippen LogP contribution in [0.1, 0.15) is 10.4 Å². The summed E-state index contributed by atoms with van der Waals surface area (Å²) in [5, 5.41) is 13.8. The average molecular weight is 317 g/mol. The molecule has 6 nitrogen and oxygen atoms in total. The lowest BCUT2D eigenvalue weighted by molar-refractivity contribution is -0.384. The molecule has 0 heterocycles. The Morgan fingerprint density at radius 3 is 2.56 bits per heavy atom. The molecule has 0 aromatic heterocycles. The van der Waals surface area contributed by atoms with Crippen molar-refractivity contribution in [2.75, 3.05) is 25.1 Å². The van der Waals surface area contributed by atoms with Gasteiger partial charge in [-0.3, -0.25) is 14.9 Å². The molecule has 0 aliphatic carbocycles. The fraction of sp³-hybridized carbons (Fsp3) is 0.364. The molecule has 0 aliphatic rings. The second kappa shape index (κ2) is 7.78. The van der Waals surface area contributed by atoms with Crippen LogP contribution in [0.2, 0.25) is 0 Å². The number of nitrogens with one attached hydrogen (secondary N) is 1. The van der Waals surface area contributed by atoms with Gasteiger partial charge in [0.2, 0.25) is 0 Å². The topological polar surface area (TPSA) is 81.5 Å². The molecule has 0 unspecified atom stereocenters. The van der Waals surface area contributed by atoms with E-state index < -0.39 is 4.92 Å². The number of hydrogen-bond donors (Lipinski definition) is 1. The minimum absolute atomic E-state index is 0.0350. The lowest BCUT2D eigenvalue weighted by atomic mass is 10.2. The number of alkyl halides is 1. The number of nitro benzene ring substituents is 1. The van der Waals surface area contributed by atoms with Crippen LogP contribution in [0.25, 0.3) is 0 Å². The Morgan fingerprint density at radius 1 is 1.33 bits per heavy atom. The summed E-state index contributed by atoms with van der Waals surface area (Å²) in [6.07, 6.45) is 0. The molecule has 7 heteroatoms. The Hall–Kier alpha value is -1.47. The summed E-state index contributed by atoms with van der Waals surface area (Å²) in [7, 11) is 0. The predicted octanol–water partition coefficient (Wildman–Crippen LogP) is 1.74. The van der Waals surface area contributed by atoms with Gasteiger partial charge in [-0.05, 0) is 12.1 Å². The monoisotopic (exact) mass is 316 g/mol. The molecule has 98 valence electrons. The van der Waals surface area contributed by atoms with Crippen molar-refractivity contribution in [3.8, 4) is 0 Å². The Balaban J connectivity index is 2.39. The summed E-state index contributed by atoms with van der Waals surface area (Å²) in [5.41, 5.74) is 0.355. The lowest BCUT2D eigenvalue weighted by Gasteiger charge is -2.05. The fourth-order valence-corrected chi connectivity index (χ4v) is 1.46. The number of nitrogens with zero attached hydrogens (tertiary/aromatic N) is 1. The van der Waals surface area contributed by atoms with E-state index in [0.29, 0.717) is 25.3 Å². The minimum atomic E-state index is -0.504. The quantitative estimate of drug-likeness (QED) is 0.359. The van der Waals surface area contributed by atoms with E-state index in [1.165, 1.54) is 24.3 Å². The fourth-order valence-electron chi connectivity index (χ4n) is 1.23. The van der Waals surface area contributed by atoms with Crippen molar-refractivity contribution >= 4 is 27.5 Å². The van der Waals surface area contributed by atoms with Crippen molar-refractivity contribution in [1.29, 1.82) is 0 Å². The first kappa shape index (κ1) is 14.6. The van der Waals surface area contributed by atoms with Gasteiger partial charge in [0, 0.05) is 29.6 Å². The number of hydrogen-bond acceptors (Lipinski definition) is 4. The molecule has 0 radical (unpaired) electrons. The van der Waals surface area contributed by atoms with E-state index >= 15 is 0 Å². The predicted molar refractivity (Wildman–Crippen MR) is 70.0 cm³/mol. The molecule has 0 bridgehead atoms. The first-order valence-corrected chi connectivity index (χ1v) is 6.43. The van der Waals surface area contributed by atoms with E-state index in [1.807, 2.05) is 0 Å². The molecule has 1 aromatic carbocycles. The van der Waals surface area contributed by atoms with Crippen molar-refractivity contribution < 1.29 is 14.5 Å². The van der Waals surface area contributed by atoms with Crippen molar-refractivity contribution in [2.24, 2.45) is 0 Å². The molecule has 0 fully saturated rings. The molecule has 1 N–H and O–H groups in total. The number of carbonyl (C=O) groups is 1. The maximum Gasteiger partial charge on any atom is 0.269 e. The zero-order valence-electron chi connectivity index (χ0n) is 9.60. The molecular formula is C11H13BrN2O4. The van der Waals surface area contributed by atoms with Crippen molar-refractivity contribution in [3.63, 3.8) is 0 Å². The molecule has 0 aliphatic heterocycles. The Labute approximate surface area is 113 Å². The second-order valence-corrected chi connectivity index (χ2v) is 4.15. The third-order valence-electron chi connectivity index (χ3n) is 2.09. The first-order valence-electron chi connectivity index (χ1n) is 5.31. The van der Waals surface area contributed by atoms with Gasteiger partial charge in [0.05, 0.1) is 18.1 Å². The highest BCUT2D eigenvalue weighted by Crippen LogP contribution is 2.11. The summed E-state index contributed by atoms with van der Waals surface area (Å²) >= 11 is 3.22. The maximum atomic E-state index is 11.6. The number of halogens is 1. The summed E-state index contributed by atoms with van der Waals surface area (Å²) in [6.45, 7) is 1.43. The standard InChI is InChI=1S/C11H13BrN2O4/c12-5-7-18-8-6-13-11(15)9-1-3-10(4-2-9)14(16)17/h1-4H,5-8H2,(H,13,15). The number of carbonyl (C=O) groups excluding carboxylic acids is 1. The third-order valence-corrected chi connectivity index (χ3v) is 2.42. The van der Waals surface area contributed by atoms with Crippen LogP contribution in [0.4, 0.5) is 5.69 Å². The molecule has 0 saturated carbocycles. The number of nitro groups is 1. The SMILES string of the molecule is O=C(NCCOCCBr)c1ccc([N+](=O)[O-])cc1. The van der Waals surface area contributed by atoms with Gasteiger partial charge < -0.3 is 10.1 Å². The molecule has 1 aromatic rings. The van der Waals surface area contributed by atoms with Gasteiger partial charge in [-0.15, -0.1) is 0 Å². The molecular weight excluding hydrogens is 304 g/mol. The largest absolute Gasteiger partial charge is 0.379 e. The van der Waals surface area contributed by atoms with Crippen LogP contribution in [0.3, 0.4) is 0 Å². The van der Waals surface area contributed by atoms with Gasteiger partial charge in [0.25, 0.3) is 11.6 Å². The van der Waals surface area contributed by atoms with Crippen LogP contribution in [0.15, 0.2) is 24.3 Å². The van der Waals surface area contributed by atoms with Gasteiger partial charge in [0.1, 0.15) is 0 Å². The van der Waals surface area contributed by atoms with Crippen LogP contribution < -0.4 is 5.32 Å². The number of rotatable bonds is 7. The van der Waals surface area contributed by atoms with E-state index in [0.717, 1.165) is 5.33 Å². The maximum absolute atomic E-state index is 11.6. The second-order valence-electron chi connectivity index (χ2n) is 3.36. The van der Waals surface area contributed by atoms with Crippen LogP contribution in [0.5, 0.6) is 0 Å². The highest BCUT2D eigenvalue weighted by atomic mass is 79.9. The molecule has 0 atom stereocenters. The number of ether oxygens (including phenoxy) is 1. The van der Waals surface area contributed by atoms with E-state index in [1.54, 1.807) is 0 Å². The molecule has 0 spiro atoms. The Kier molecular flexibility index (Phi) is 6.31. The van der Waals surface area contributed by atoms with Gasteiger partial charge in [-0.25, -0.2) is 0 Å². The summed E-state index contributed by atoms with van der Waals surface area (Å²) in [4.78, 5) is 21.5. The van der Waals surface area contributed by atoms with Crippen molar-refractivity contribution in [2.45, 2.75) is 0 Å². The zero-order chi connectivity index (χ0) is 13.4. The van der Waals surface area contributed by atoms with E-state index in [9.17, 15) is 14.9 Å². The van der Waals surface area contributed by atoms with Crippen molar-refractivity contribution in [3.05, 3.63) is 39.9 Å². The lowest BCUT2D eigenvalue weighted by Crippen LogP contribution is -2.27. The van der Waals surface area contributed by atoms with Crippen LogP contribution in [-0.4, -0.2) is 35.9 Å². The van der Waals surface area contributed by atoms with Gasteiger partial charge in [-0.1, -0.05) is 15.9 Å². The molecule has 1 amide bonds. The first-order chi connectivity index (χ1) is 8.65. The summed E-state index contributed by atoms with van der Waals surface area (Å²) in [6, 6.07) is 5.45. The smallest absolute Gasteiger partial charge is 0.269 e. The highest BCUT2D eigenvalue weighted by Gasteiger charge is 2.08. The zero-order valence-corrected chi connectivity index (χ0v) is 11.2. The minimum Gasteiger partial charge on any atom is -0.379 e. The summed E-state index contributed by atoms with van der Waals surface area (Å²) < 4.78 is 5.17. The van der Waals surface area contributed by atoms with Crippen LogP contribution >= 0.6 is 15.9 Å². The van der Waals surface area contributed by atoms with Gasteiger partial charge in [0.15, 0.2) is 0 Å². The summed E-state index contributed by atoms with van der Waals surface area (Å²) in [5.74, 6) is -0.271. The highest BCUT2D eigenvalue weighted by molar-refractivity contribution is 9.09. The number of non-ortho nitro benzene ring substituents is 1. The molecule has 0 saturated heterocycles. The van der Waals surface area contributed by atoms with E-state index in [-0.39, 0.29) is 11.6 Å². The Bertz CT molecular complexity index is 408. The average Bonchev–Trinajstić information content (AvgIpc) is 2.38. The van der Waals surface area contributed by atoms with E-state index in [2.05, 4.69) is 21.2 Å². The third kappa shape index (κ3) is 4.80. The molecule has 1 rings (SSSR count). The number of amides is 1. The number of benzene rings is 1. The van der Waals surface area contributed by atoms with E-state index in [4.69, 9.17) is 4.74 Å². The van der Waals surface area contributed by atoms with Gasteiger partial charge in [-0.2, -0.15) is 0 Å². The van der Waals surface area contributed by atoms with Crippen LogP contribution in [-0.2, 0) is 4.74 Å².